The van der Waals surface area contributed by atoms with E-state index in [2.05, 4.69) is 26.1 Å². The molecule has 0 unspecified atom stereocenters. The van der Waals surface area contributed by atoms with Crippen molar-refractivity contribution in [2.45, 2.75) is 91.4 Å². The largest absolute Gasteiger partial charge is 0.481 e. The molecule has 0 aliphatic carbocycles. The zero-order chi connectivity index (χ0) is 16.0. The van der Waals surface area contributed by atoms with Gasteiger partial charge in [-0.3, -0.25) is 4.79 Å². The summed E-state index contributed by atoms with van der Waals surface area (Å²) in [6.45, 7) is 8.68. The molecule has 0 amide bonds. The van der Waals surface area contributed by atoms with Crippen molar-refractivity contribution in [3.05, 3.63) is 0 Å². The number of aliphatic carboxylic acids is 1. The van der Waals surface area contributed by atoms with Crippen LogP contribution in [0.1, 0.15) is 91.4 Å². The normalized spacial score (nSPS) is 11.8. The van der Waals surface area contributed by atoms with E-state index in [-0.39, 0.29) is 11.8 Å². The topological polar surface area (TPSA) is 49.3 Å². The van der Waals surface area contributed by atoms with Crippen LogP contribution in [0.5, 0.6) is 0 Å². The van der Waals surface area contributed by atoms with E-state index < -0.39 is 5.97 Å². The van der Waals surface area contributed by atoms with Crippen molar-refractivity contribution in [2.24, 2.45) is 5.41 Å². The van der Waals surface area contributed by atoms with Crippen LogP contribution in [0.15, 0.2) is 0 Å². The highest BCUT2D eigenvalue weighted by atomic mass is 16.4. The molecule has 3 heteroatoms. The van der Waals surface area contributed by atoms with Crippen LogP contribution in [0.2, 0.25) is 0 Å². The molecule has 0 aliphatic rings. The predicted molar refractivity (Wildman–Crippen MR) is 90.7 cm³/mol. The van der Waals surface area contributed by atoms with Crippen LogP contribution >= 0.6 is 0 Å². The van der Waals surface area contributed by atoms with Crippen LogP contribution < -0.4 is 5.32 Å². The van der Waals surface area contributed by atoms with Crippen LogP contribution in [0.4, 0.5) is 0 Å². The Bertz CT molecular complexity index is 252. The number of carbonyl (C=O) groups is 1. The summed E-state index contributed by atoms with van der Waals surface area (Å²) in [6, 6.07) is 0. The fraction of sp³-hybridized carbons (Fsp3) is 0.944. The van der Waals surface area contributed by atoms with Gasteiger partial charge in [0.1, 0.15) is 0 Å². The molecule has 0 saturated heterocycles. The lowest BCUT2D eigenvalue weighted by Gasteiger charge is -2.23. The Morgan fingerprint density at radius 1 is 0.905 bits per heavy atom. The number of hydrogen-bond acceptors (Lipinski definition) is 2. The summed E-state index contributed by atoms with van der Waals surface area (Å²) >= 11 is 0. The maximum Gasteiger partial charge on any atom is 0.303 e. The molecule has 0 aliphatic heterocycles. The minimum atomic E-state index is -0.685. The van der Waals surface area contributed by atoms with E-state index in [1.54, 1.807) is 0 Å². The van der Waals surface area contributed by atoms with Crippen molar-refractivity contribution in [1.29, 1.82) is 0 Å². The summed E-state index contributed by atoms with van der Waals surface area (Å²) in [4.78, 5) is 10.6. The van der Waals surface area contributed by atoms with Crippen LogP contribution in [0.3, 0.4) is 0 Å². The predicted octanol–water partition coefficient (Wildman–Crippen LogP) is 5.00. The lowest BCUT2D eigenvalue weighted by atomic mass is 9.84. The Morgan fingerprint density at radius 3 is 2.05 bits per heavy atom. The summed E-state index contributed by atoms with van der Waals surface area (Å²) in [7, 11) is 0. The summed E-state index contributed by atoms with van der Waals surface area (Å²) in [5.74, 6) is -0.685. The highest BCUT2D eigenvalue weighted by molar-refractivity contribution is 5.66. The van der Waals surface area contributed by atoms with E-state index in [0.29, 0.717) is 0 Å². The SMILES string of the molecule is CCCCCCCCCCNCCC(C)(C)CCC(=O)O. The Hall–Kier alpha value is -0.570. The van der Waals surface area contributed by atoms with Gasteiger partial charge in [-0.15, -0.1) is 0 Å². The molecule has 0 radical (unpaired) electrons. The number of hydrogen-bond donors (Lipinski definition) is 2. The molecule has 2 N–H and O–H groups in total. The molecule has 0 spiro atoms. The second-order valence-corrected chi connectivity index (χ2v) is 7.03. The Kier molecular flexibility index (Phi) is 12.8. The quantitative estimate of drug-likeness (QED) is 0.418. The van der Waals surface area contributed by atoms with Crippen molar-refractivity contribution >= 4 is 5.97 Å². The molecule has 0 heterocycles. The average Bonchev–Trinajstić information content (AvgIpc) is 2.43. The summed E-state index contributed by atoms with van der Waals surface area (Å²) < 4.78 is 0. The molecule has 0 aromatic rings. The van der Waals surface area contributed by atoms with Crippen molar-refractivity contribution in [3.63, 3.8) is 0 Å². The molecule has 0 fully saturated rings. The molecule has 0 aromatic heterocycles. The number of carboxylic acid groups (broad SMARTS) is 1. The molecule has 3 nitrogen and oxygen atoms in total. The molecule has 0 rings (SSSR count). The standard InChI is InChI=1S/C18H37NO2/c1-4-5-6-7-8-9-10-11-15-19-16-14-18(2,3)13-12-17(20)21/h19H,4-16H2,1-3H3,(H,20,21). The van der Waals surface area contributed by atoms with Gasteiger partial charge in [-0.1, -0.05) is 65.7 Å². The highest BCUT2D eigenvalue weighted by Crippen LogP contribution is 2.25. The number of nitrogens with one attached hydrogen (secondary N) is 1. The smallest absolute Gasteiger partial charge is 0.303 e. The molecule has 0 aromatic carbocycles. The van der Waals surface area contributed by atoms with E-state index in [1.165, 1.54) is 51.4 Å². The lowest BCUT2D eigenvalue weighted by Crippen LogP contribution is -2.23. The average molecular weight is 299 g/mol. The zero-order valence-electron chi connectivity index (χ0n) is 14.5. The van der Waals surface area contributed by atoms with Gasteiger partial charge in [-0.2, -0.15) is 0 Å². The fourth-order valence-electron chi connectivity index (χ4n) is 2.51. The van der Waals surface area contributed by atoms with Crippen LogP contribution in [-0.4, -0.2) is 24.2 Å². The minimum Gasteiger partial charge on any atom is -0.481 e. The van der Waals surface area contributed by atoms with Crippen molar-refractivity contribution in [3.8, 4) is 0 Å². The van der Waals surface area contributed by atoms with Gasteiger partial charge in [-0.25, -0.2) is 0 Å². The highest BCUT2D eigenvalue weighted by Gasteiger charge is 2.18. The first-order valence-corrected chi connectivity index (χ1v) is 8.90. The first-order valence-electron chi connectivity index (χ1n) is 8.90. The van der Waals surface area contributed by atoms with E-state index in [9.17, 15) is 4.79 Å². The Morgan fingerprint density at radius 2 is 1.48 bits per heavy atom. The second-order valence-electron chi connectivity index (χ2n) is 7.03. The van der Waals surface area contributed by atoms with E-state index in [1.807, 2.05) is 0 Å². The lowest BCUT2D eigenvalue weighted by molar-refractivity contribution is -0.137. The third-order valence-corrected chi connectivity index (χ3v) is 4.20. The van der Waals surface area contributed by atoms with Crippen LogP contribution in [0.25, 0.3) is 0 Å². The summed E-state index contributed by atoms with van der Waals surface area (Å²) in [5.41, 5.74) is 0.130. The van der Waals surface area contributed by atoms with E-state index >= 15 is 0 Å². The molecule has 0 saturated carbocycles. The first-order chi connectivity index (χ1) is 9.98. The molecule has 0 bridgehead atoms. The summed E-state index contributed by atoms with van der Waals surface area (Å²) in [6.07, 6.45) is 13.0. The Balaban J connectivity index is 3.29. The van der Waals surface area contributed by atoms with Crippen LogP contribution in [-0.2, 0) is 4.79 Å². The van der Waals surface area contributed by atoms with E-state index in [0.717, 1.165) is 25.9 Å². The molecule has 126 valence electrons. The van der Waals surface area contributed by atoms with Gasteiger partial charge in [0.15, 0.2) is 0 Å². The second kappa shape index (κ2) is 13.1. The minimum absolute atomic E-state index is 0.130. The molecular weight excluding hydrogens is 262 g/mol. The van der Waals surface area contributed by atoms with Gasteiger partial charge in [0, 0.05) is 6.42 Å². The van der Waals surface area contributed by atoms with E-state index in [4.69, 9.17) is 5.11 Å². The molecular formula is C18H37NO2. The Labute approximate surface area is 131 Å². The van der Waals surface area contributed by atoms with Gasteiger partial charge in [0.05, 0.1) is 0 Å². The molecule has 0 atom stereocenters. The third kappa shape index (κ3) is 15.6. The van der Waals surface area contributed by atoms with Gasteiger partial charge < -0.3 is 10.4 Å². The van der Waals surface area contributed by atoms with Gasteiger partial charge in [0.2, 0.25) is 0 Å². The zero-order valence-corrected chi connectivity index (χ0v) is 14.5. The van der Waals surface area contributed by atoms with Crippen molar-refractivity contribution in [2.75, 3.05) is 13.1 Å². The maximum absolute atomic E-state index is 10.6. The molecule has 21 heavy (non-hydrogen) atoms. The number of carboxylic acids is 1. The van der Waals surface area contributed by atoms with Crippen LogP contribution in [0, 0.1) is 5.41 Å². The number of rotatable bonds is 15. The van der Waals surface area contributed by atoms with Gasteiger partial charge >= 0.3 is 5.97 Å². The number of unbranched alkanes of at least 4 members (excludes halogenated alkanes) is 7. The van der Waals surface area contributed by atoms with Gasteiger partial charge in [-0.05, 0) is 37.8 Å². The van der Waals surface area contributed by atoms with Crippen molar-refractivity contribution < 1.29 is 9.90 Å². The third-order valence-electron chi connectivity index (χ3n) is 4.20. The fourth-order valence-corrected chi connectivity index (χ4v) is 2.51. The first kappa shape index (κ1) is 20.4. The van der Waals surface area contributed by atoms with Crippen molar-refractivity contribution in [1.82, 2.24) is 5.32 Å². The monoisotopic (exact) mass is 299 g/mol. The summed E-state index contributed by atoms with van der Waals surface area (Å²) in [5, 5.41) is 12.2. The maximum atomic E-state index is 10.6. The van der Waals surface area contributed by atoms with Gasteiger partial charge in [0.25, 0.3) is 0 Å².